The molecule has 0 spiro atoms. The average Bonchev–Trinajstić information content (AvgIpc) is 2.72. The van der Waals surface area contributed by atoms with Crippen LogP contribution in [0.15, 0.2) is 24.3 Å². The van der Waals surface area contributed by atoms with Gasteiger partial charge in [0.15, 0.2) is 0 Å². The van der Waals surface area contributed by atoms with E-state index in [4.69, 9.17) is 0 Å². The van der Waals surface area contributed by atoms with E-state index >= 15 is 0 Å². The molecule has 22 heavy (non-hydrogen) atoms. The summed E-state index contributed by atoms with van der Waals surface area (Å²) in [6.45, 7) is 4.09. The highest BCUT2D eigenvalue weighted by Gasteiger charge is 2.35. The van der Waals surface area contributed by atoms with Crippen molar-refractivity contribution in [1.82, 2.24) is 9.88 Å². The number of aryl methyl sites for hydroxylation is 1. The summed E-state index contributed by atoms with van der Waals surface area (Å²) in [5, 5.41) is 0.936. The Morgan fingerprint density at radius 3 is 2.82 bits per heavy atom. The van der Waals surface area contributed by atoms with Gasteiger partial charge in [0.05, 0.1) is 5.52 Å². The van der Waals surface area contributed by atoms with Crippen molar-refractivity contribution in [3.8, 4) is 0 Å². The van der Waals surface area contributed by atoms with Crippen LogP contribution >= 0.6 is 0 Å². The van der Waals surface area contributed by atoms with Crippen molar-refractivity contribution < 1.29 is 4.39 Å². The van der Waals surface area contributed by atoms with Crippen molar-refractivity contribution in [2.24, 2.45) is 0 Å². The molecule has 2 bridgehead atoms. The number of nitrogens with zero attached hydrogens (tertiary/aromatic N) is 3. The summed E-state index contributed by atoms with van der Waals surface area (Å²) >= 11 is 0. The summed E-state index contributed by atoms with van der Waals surface area (Å²) in [6, 6.07) is 8.35. The highest BCUT2D eigenvalue weighted by molar-refractivity contribution is 5.92. The number of pyridine rings is 1. The maximum absolute atomic E-state index is 13.7. The molecule has 4 heteroatoms. The molecular formula is C18H22FN3. The molecule has 1 aromatic carbocycles. The number of hydrogen-bond donors (Lipinski definition) is 0. The van der Waals surface area contributed by atoms with Crippen molar-refractivity contribution in [2.45, 2.75) is 38.3 Å². The molecule has 3 nitrogen and oxygen atoms in total. The van der Waals surface area contributed by atoms with E-state index in [1.807, 2.05) is 6.92 Å². The van der Waals surface area contributed by atoms with Crippen molar-refractivity contribution in [3.05, 3.63) is 35.8 Å². The third kappa shape index (κ3) is 2.26. The Morgan fingerprint density at radius 2 is 1.95 bits per heavy atom. The Balaban J connectivity index is 1.78. The van der Waals surface area contributed by atoms with Gasteiger partial charge in [-0.15, -0.1) is 0 Å². The van der Waals surface area contributed by atoms with Crippen LogP contribution in [-0.2, 0) is 0 Å². The molecule has 0 aliphatic carbocycles. The molecule has 2 aliphatic heterocycles. The van der Waals surface area contributed by atoms with E-state index in [0.29, 0.717) is 12.1 Å². The van der Waals surface area contributed by atoms with Gasteiger partial charge in [0.25, 0.3) is 0 Å². The molecule has 0 radical (unpaired) electrons. The molecule has 2 fully saturated rings. The van der Waals surface area contributed by atoms with Crippen molar-refractivity contribution in [3.63, 3.8) is 0 Å². The number of hydrogen-bond acceptors (Lipinski definition) is 3. The molecule has 1 aromatic heterocycles. The Morgan fingerprint density at radius 1 is 1.14 bits per heavy atom. The fourth-order valence-electron chi connectivity index (χ4n) is 4.10. The predicted octanol–water partition coefficient (Wildman–Crippen LogP) is 3.36. The first-order valence-corrected chi connectivity index (χ1v) is 8.15. The number of rotatable bonds is 1. The van der Waals surface area contributed by atoms with Gasteiger partial charge in [-0.2, -0.15) is 0 Å². The van der Waals surface area contributed by atoms with Gasteiger partial charge in [-0.25, -0.2) is 4.39 Å². The Kier molecular flexibility index (Phi) is 3.30. The lowest BCUT2D eigenvalue weighted by Crippen LogP contribution is -2.36. The fourth-order valence-corrected chi connectivity index (χ4v) is 4.10. The van der Waals surface area contributed by atoms with Gasteiger partial charge in [-0.1, -0.05) is 0 Å². The third-order valence-electron chi connectivity index (χ3n) is 5.37. The zero-order valence-corrected chi connectivity index (χ0v) is 13.2. The first kappa shape index (κ1) is 13.9. The molecular weight excluding hydrogens is 277 g/mol. The topological polar surface area (TPSA) is 19.4 Å². The lowest BCUT2D eigenvalue weighted by molar-refractivity contribution is 0.254. The predicted molar refractivity (Wildman–Crippen MR) is 87.8 cm³/mol. The van der Waals surface area contributed by atoms with E-state index in [-0.39, 0.29) is 5.82 Å². The van der Waals surface area contributed by atoms with E-state index in [1.54, 1.807) is 12.1 Å². The quantitative estimate of drug-likeness (QED) is 0.805. The average molecular weight is 299 g/mol. The summed E-state index contributed by atoms with van der Waals surface area (Å²) in [4.78, 5) is 9.53. The van der Waals surface area contributed by atoms with Crippen molar-refractivity contribution in [2.75, 3.05) is 25.0 Å². The van der Waals surface area contributed by atoms with Crippen LogP contribution in [0.1, 0.15) is 25.0 Å². The zero-order valence-electron chi connectivity index (χ0n) is 13.2. The zero-order chi connectivity index (χ0) is 15.3. The highest BCUT2D eigenvalue weighted by atomic mass is 19.1. The van der Waals surface area contributed by atoms with E-state index in [9.17, 15) is 4.39 Å². The Hall–Kier alpha value is -1.68. The van der Waals surface area contributed by atoms with Crippen LogP contribution < -0.4 is 4.90 Å². The van der Waals surface area contributed by atoms with Crippen LogP contribution in [0.5, 0.6) is 0 Å². The summed E-state index contributed by atoms with van der Waals surface area (Å²) in [7, 11) is 2.25. The third-order valence-corrected chi connectivity index (χ3v) is 5.37. The van der Waals surface area contributed by atoms with Gasteiger partial charge >= 0.3 is 0 Å². The minimum atomic E-state index is -0.187. The number of fused-ring (bicyclic) bond motifs is 3. The van der Waals surface area contributed by atoms with Gasteiger partial charge in [-0.05, 0) is 57.5 Å². The standard InChI is InChI=1S/C18H22FN3/c1-12-9-18(16-10-13(19)3-6-17(16)20-12)22-8-7-14-4-5-15(11-22)21(14)2/h3,6,9-10,14-15H,4-5,7-8,11H2,1-2H3. The molecule has 0 N–H and O–H groups in total. The normalized spacial score (nSPS) is 25.7. The maximum atomic E-state index is 13.7. The summed E-state index contributed by atoms with van der Waals surface area (Å²) < 4.78 is 13.7. The Labute approximate surface area is 130 Å². The van der Waals surface area contributed by atoms with Crippen LogP contribution in [0.2, 0.25) is 0 Å². The lowest BCUT2D eigenvalue weighted by atomic mass is 10.1. The largest absolute Gasteiger partial charge is 0.369 e. The molecule has 2 aliphatic rings. The molecule has 4 rings (SSSR count). The van der Waals surface area contributed by atoms with Crippen molar-refractivity contribution in [1.29, 1.82) is 0 Å². The maximum Gasteiger partial charge on any atom is 0.124 e. The van der Waals surface area contributed by atoms with Crippen LogP contribution in [-0.4, -0.2) is 42.1 Å². The monoisotopic (exact) mass is 299 g/mol. The van der Waals surface area contributed by atoms with Crippen LogP contribution in [0.3, 0.4) is 0 Å². The van der Waals surface area contributed by atoms with Gasteiger partial charge in [0.1, 0.15) is 5.82 Å². The summed E-state index contributed by atoms with van der Waals surface area (Å²) in [5.41, 5.74) is 3.03. The van der Waals surface area contributed by atoms with E-state index in [2.05, 4.69) is 27.9 Å². The number of aromatic nitrogens is 1. The second kappa shape index (κ2) is 5.20. The lowest BCUT2D eigenvalue weighted by Gasteiger charge is -2.28. The smallest absolute Gasteiger partial charge is 0.124 e. The first-order chi connectivity index (χ1) is 10.6. The SMILES string of the molecule is Cc1cc(N2CCC3CCC(C2)N3C)c2cc(F)ccc2n1. The Bertz CT molecular complexity index is 715. The van der Waals surface area contributed by atoms with Crippen LogP contribution in [0.25, 0.3) is 10.9 Å². The van der Waals surface area contributed by atoms with Gasteiger partial charge in [0.2, 0.25) is 0 Å². The van der Waals surface area contributed by atoms with Crippen LogP contribution in [0, 0.1) is 12.7 Å². The molecule has 116 valence electrons. The summed E-state index contributed by atoms with van der Waals surface area (Å²) in [5.74, 6) is -0.187. The molecule has 2 atom stereocenters. The molecule has 2 aromatic rings. The van der Waals surface area contributed by atoms with Crippen LogP contribution in [0.4, 0.5) is 10.1 Å². The second-order valence-corrected chi connectivity index (χ2v) is 6.73. The minimum Gasteiger partial charge on any atom is -0.369 e. The molecule has 3 heterocycles. The van der Waals surface area contributed by atoms with E-state index < -0.39 is 0 Å². The van der Waals surface area contributed by atoms with Gasteiger partial charge < -0.3 is 4.90 Å². The second-order valence-electron chi connectivity index (χ2n) is 6.73. The fraction of sp³-hybridized carbons (Fsp3) is 0.500. The summed E-state index contributed by atoms with van der Waals surface area (Å²) in [6.07, 6.45) is 3.78. The van der Waals surface area contributed by atoms with Crippen molar-refractivity contribution >= 4 is 16.6 Å². The van der Waals surface area contributed by atoms with E-state index in [1.165, 1.54) is 25.3 Å². The van der Waals surface area contributed by atoms with E-state index in [0.717, 1.165) is 35.4 Å². The number of anilines is 1. The molecule has 2 saturated heterocycles. The number of benzene rings is 1. The number of halogens is 1. The molecule has 0 amide bonds. The molecule has 0 saturated carbocycles. The highest BCUT2D eigenvalue weighted by Crippen LogP contribution is 2.34. The number of likely N-dealkylation sites (N-methyl/N-ethyl adjacent to an activating group) is 1. The van der Waals surface area contributed by atoms with Gasteiger partial charge in [0, 0.05) is 41.9 Å². The first-order valence-electron chi connectivity index (χ1n) is 8.15. The molecule has 2 unspecified atom stereocenters. The van der Waals surface area contributed by atoms with Gasteiger partial charge in [-0.3, -0.25) is 9.88 Å². The minimum absolute atomic E-state index is 0.187.